The molecule has 0 saturated carbocycles. The van der Waals surface area contributed by atoms with Crippen LogP contribution in [0.1, 0.15) is 17.8 Å². The molecule has 0 spiro atoms. The van der Waals surface area contributed by atoms with Gasteiger partial charge in [0.05, 0.1) is 5.69 Å². The molecule has 6 heteroatoms. The first-order valence-electron chi connectivity index (χ1n) is 6.40. The number of carbonyl (C=O) groups excluding carboxylic acids is 1. The smallest absolute Gasteiger partial charge is 0.241 e. The maximum absolute atomic E-state index is 11.7. The Morgan fingerprint density at radius 2 is 2.21 bits per heavy atom. The van der Waals surface area contributed by atoms with Crippen molar-refractivity contribution in [3.63, 3.8) is 0 Å². The second kappa shape index (κ2) is 6.17. The fourth-order valence-corrected chi connectivity index (χ4v) is 1.84. The van der Waals surface area contributed by atoms with Crippen LogP contribution in [0.3, 0.4) is 0 Å². The molecule has 102 valence electrons. The molecular weight excluding hydrogens is 242 g/mol. The number of aryl methyl sites for hydroxylation is 3. The largest absolute Gasteiger partial charge is 0.354 e. The highest BCUT2D eigenvalue weighted by molar-refractivity contribution is 5.75. The number of rotatable bonds is 6. The molecule has 1 N–H and O–H groups in total. The lowest BCUT2D eigenvalue weighted by Crippen LogP contribution is -2.29. The normalized spacial score (nSPS) is 10.6. The van der Waals surface area contributed by atoms with E-state index in [9.17, 15) is 4.79 Å². The lowest BCUT2D eigenvalue weighted by molar-refractivity contribution is -0.121. The van der Waals surface area contributed by atoms with Crippen LogP contribution in [0.25, 0.3) is 0 Å². The number of nitrogens with zero attached hydrogens (tertiary/aromatic N) is 4. The van der Waals surface area contributed by atoms with Crippen LogP contribution >= 0.6 is 0 Å². The summed E-state index contributed by atoms with van der Waals surface area (Å²) in [6.45, 7) is 5.67. The van der Waals surface area contributed by atoms with Gasteiger partial charge in [-0.25, -0.2) is 0 Å². The van der Waals surface area contributed by atoms with Crippen LogP contribution in [0, 0.1) is 13.8 Å². The predicted octanol–water partition coefficient (Wildman–Crippen LogP) is 0.903. The lowest BCUT2D eigenvalue weighted by Gasteiger charge is -2.06. The summed E-state index contributed by atoms with van der Waals surface area (Å²) in [7, 11) is 0. The van der Waals surface area contributed by atoms with E-state index >= 15 is 0 Å². The summed E-state index contributed by atoms with van der Waals surface area (Å²) in [5, 5.41) is 11.2. The molecule has 2 heterocycles. The molecule has 2 aromatic rings. The highest BCUT2D eigenvalue weighted by Crippen LogP contribution is 1.97. The van der Waals surface area contributed by atoms with Crippen molar-refractivity contribution in [3.05, 3.63) is 35.9 Å². The Morgan fingerprint density at radius 1 is 1.37 bits per heavy atom. The van der Waals surface area contributed by atoms with Crippen molar-refractivity contribution in [1.29, 1.82) is 0 Å². The van der Waals surface area contributed by atoms with E-state index in [0.717, 1.165) is 24.4 Å². The van der Waals surface area contributed by atoms with E-state index in [0.29, 0.717) is 6.54 Å². The third-order valence-electron chi connectivity index (χ3n) is 2.88. The lowest BCUT2D eigenvalue weighted by atomic mass is 10.4. The number of hydrogen-bond donors (Lipinski definition) is 1. The minimum atomic E-state index is -0.0136. The third kappa shape index (κ3) is 3.94. The van der Waals surface area contributed by atoms with E-state index < -0.39 is 0 Å². The zero-order chi connectivity index (χ0) is 13.7. The Morgan fingerprint density at radius 3 is 2.84 bits per heavy atom. The van der Waals surface area contributed by atoms with Crippen LogP contribution in [0.2, 0.25) is 0 Å². The van der Waals surface area contributed by atoms with Crippen LogP contribution in [0.4, 0.5) is 0 Å². The average molecular weight is 261 g/mol. The average Bonchev–Trinajstić information content (AvgIpc) is 2.94. The summed E-state index contributed by atoms with van der Waals surface area (Å²) in [6, 6.07) is 3.85. The Bertz CT molecular complexity index is 543. The van der Waals surface area contributed by atoms with E-state index in [1.807, 2.05) is 36.9 Å². The maximum atomic E-state index is 11.7. The molecule has 1 amide bonds. The van der Waals surface area contributed by atoms with Gasteiger partial charge in [-0.3, -0.25) is 14.2 Å². The molecule has 0 aliphatic heterocycles. The second-order valence-corrected chi connectivity index (χ2v) is 4.55. The fraction of sp³-hybridized carbons (Fsp3) is 0.462. The summed E-state index contributed by atoms with van der Waals surface area (Å²) in [6.07, 6.45) is 4.46. The minimum absolute atomic E-state index is 0.0136. The monoisotopic (exact) mass is 261 g/mol. The van der Waals surface area contributed by atoms with Gasteiger partial charge in [0.1, 0.15) is 6.54 Å². The van der Waals surface area contributed by atoms with Crippen molar-refractivity contribution >= 4 is 5.91 Å². The van der Waals surface area contributed by atoms with Gasteiger partial charge in [-0.15, -0.1) is 0 Å². The molecule has 0 aromatic carbocycles. The van der Waals surface area contributed by atoms with Gasteiger partial charge in [0, 0.05) is 31.2 Å². The second-order valence-electron chi connectivity index (χ2n) is 4.55. The number of amides is 1. The Kier molecular flexibility index (Phi) is 4.33. The van der Waals surface area contributed by atoms with Crippen molar-refractivity contribution in [2.45, 2.75) is 33.4 Å². The first kappa shape index (κ1) is 13.3. The molecule has 0 radical (unpaired) electrons. The summed E-state index contributed by atoms with van der Waals surface area (Å²) in [5.74, 6) is -0.0136. The SMILES string of the molecule is Cc1ccn(CC(=O)NCCCn2nccc2C)n1. The van der Waals surface area contributed by atoms with Gasteiger partial charge >= 0.3 is 0 Å². The zero-order valence-corrected chi connectivity index (χ0v) is 11.3. The predicted molar refractivity (Wildman–Crippen MR) is 71.6 cm³/mol. The van der Waals surface area contributed by atoms with Crippen molar-refractivity contribution in [1.82, 2.24) is 24.9 Å². The van der Waals surface area contributed by atoms with Gasteiger partial charge in [0.15, 0.2) is 0 Å². The van der Waals surface area contributed by atoms with E-state index in [4.69, 9.17) is 0 Å². The van der Waals surface area contributed by atoms with Crippen molar-refractivity contribution in [3.8, 4) is 0 Å². The molecule has 2 rings (SSSR count). The molecule has 0 aliphatic carbocycles. The molecule has 0 unspecified atom stereocenters. The first-order valence-corrected chi connectivity index (χ1v) is 6.40. The zero-order valence-electron chi connectivity index (χ0n) is 11.3. The number of carbonyl (C=O) groups is 1. The van der Waals surface area contributed by atoms with E-state index in [1.54, 1.807) is 10.9 Å². The molecular formula is C13H19N5O. The fourth-order valence-electron chi connectivity index (χ4n) is 1.84. The topological polar surface area (TPSA) is 64.7 Å². The van der Waals surface area contributed by atoms with Crippen molar-refractivity contribution in [2.75, 3.05) is 6.54 Å². The first-order chi connectivity index (χ1) is 9.15. The summed E-state index contributed by atoms with van der Waals surface area (Å²) in [4.78, 5) is 11.7. The van der Waals surface area contributed by atoms with Gasteiger partial charge in [0.2, 0.25) is 5.91 Å². The molecule has 0 saturated heterocycles. The Balaban J connectivity index is 1.65. The third-order valence-corrected chi connectivity index (χ3v) is 2.88. The van der Waals surface area contributed by atoms with E-state index in [2.05, 4.69) is 15.5 Å². The number of aromatic nitrogens is 4. The maximum Gasteiger partial charge on any atom is 0.241 e. The molecule has 0 fully saturated rings. The van der Waals surface area contributed by atoms with Crippen LogP contribution in [0.15, 0.2) is 24.5 Å². The molecule has 2 aromatic heterocycles. The Labute approximate surface area is 112 Å². The standard InChI is InChI=1S/C13H19N5O/c1-11-5-9-17(16-11)10-13(19)14-6-3-8-18-12(2)4-7-15-18/h4-5,7,9H,3,6,8,10H2,1-2H3,(H,14,19). The number of nitrogens with one attached hydrogen (secondary N) is 1. The van der Waals surface area contributed by atoms with E-state index in [1.165, 1.54) is 0 Å². The van der Waals surface area contributed by atoms with Gasteiger partial charge in [0.25, 0.3) is 0 Å². The molecule has 0 bridgehead atoms. The van der Waals surface area contributed by atoms with Gasteiger partial charge in [-0.2, -0.15) is 10.2 Å². The molecule has 6 nitrogen and oxygen atoms in total. The molecule has 0 atom stereocenters. The van der Waals surface area contributed by atoms with Crippen molar-refractivity contribution in [2.24, 2.45) is 0 Å². The minimum Gasteiger partial charge on any atom is -0.354 e. The molecule has 0 aliphatic rings. The summed E-state index contributed by atoms with van der Waals surface area (Å²) in [5.41, 5.74) is 2.06. The quantitative estimate of drug-likeness (QED) is 0.786. The molecule has 19 heavy (non-hydrogen) atoms. The van der Waals surface area contributed by atoms with Crippen LogP contribution in [0.5, 0.6) is 0 Å². The van der Waals surface area contributed by atoms with Crippen molar-refractivity contribution < 1.29 is 4.79 Å². The van der Waals surface area contributed by atoms with Crippen LogP contribution in [-0.4, -0.2) is 32.0 Å². The summed E-state index contributed by atoms with van der Waals surface area (Å²) < 4.78 is 3.57. The summed E-state index contributed by atoms with van der Waals surface area (Å²) >= 11 is 0. The van der Waals surface area contributed by atoms with Crippen LogP contribution in [-0.2, 0) is 17.9 Å². The van der Waals surface area contributed by atoms with Gasteiger partial charge in [-0.05, 0) is 32.4 Å². The highest BCUT2D eigenvalue weighted by atomic mass is 16.2. The number of hydrogen-bond acceptors (Lipinski definition) is 3. The van der Waals surface area contributed by atoms with Crippen LogP contribution < -0.4 is 5.32 Å². The van der Waals surface area contributed by atoms with Gasteiger partial charge < -0.3 is 5.32 Å². The van der Waals surface area contributed by atoms with Gasteiger partial charge in [-0.1, -0.05) is 0 Å². The highest BCUT2D eigenvalue weighted by Gasteiger charge is 2.03. The van der Waals surface area contributed by atoms with E-state index in [-0.39, 0.29) is 12.5 Å². The Hall–Kier alpha value is -2.11.